The van der Waals surface area contributed by atoms with Gasteiger partial charge in [0.15, 0.2) is 0 Å². The number of rotatable bonds is 4. The molecular formula is C14H9BrFN3O2. The van der Waals surface area contributed by atoms with Crippen LogP contribution in [0.1, 0.15) is 11.1 Å². The Morgan fingerprint density at radius 3 is 2.81 bits per heavy atom. The maximum Gasteiger partial charge on any atom is 0.283 e. The van der Waals surface area contributed by atoms with Crippen molar-refractivity contribution >= 4 is 27.3 Å². The van der Waals surface area contributed by atoms with Crippen molar-refractivity contribution in [2.24, 2.45) is 0 Å². The summed E-state index contributed by atoms with van der Waals surface area (Å²) in [5.41, 5.74) is 1.28. The van der Waals surface area contributed by atoms with Gasteiger partial charge in [0.2, 0.25) is 0 Å². The van der Waals surface area contributed by atoms with Crippen LogP contribution in [-0.2, 0) is 6.54 Å². The first-order chi connectivity index (χ1) is 10.0. The number of nitriles is 1. The summed E-state index contributed by atoms with van der Waals surface area (Å²) < 4.78 is 13.4. The highest BCUT2D eigenvalue weighted by Gasteiger charge is 2.14. The minimum atomic E-state index is -0.492. The normalized spacial score (nSPS) is 9.95. The molecule has 0 aromatic heterocycles. The van der Waals surface area contributed by atoms with Crippen LogP contribution in [-0.4, -0.2) is 4.92 Å². The van der Waals surface area contributed by atoms with Gasteiger partial charge in [0.25, 0.3) is 5.69 Å². The summed E-state index contributed by atoms with van der Waals surface area (Å²) in [6.07, 6.45) is 0. The van der Waals surface area contributed by atoms with Gasteiger partial charge in [0.1, 0.15) is 16.4 Å². The second kappa shape index (κ2) is 6.33. The van der Waals surface area contributed by atoms with Crippen molar-refractivity contribution in [3.63, 3.8) is 0 Å². The van der Waals surface area contributed by atoms with Crippen molar-refractivity contribution in [2.45, 2.75) is 6.54 Å². The third-order valence-electron chi connectivity index (χ3n) is 2.83. The van der Waals surface area contributed by atoms with Gasteiger partial charge in [-0.1, -0.05) is 12.1 Å². The molecule has 0 bridgehead atoms. The predicted molar refractivity (Wildman–Crippen MR) is 79.2 cm³/mol. The summed E-state index contributed by atoms with van der Waals surface area (Å²) in [6.45, 7) is 0.266. The number of nitrogens with one attached hydrogen (secondary N) is 1. The van der Waals surface area contributed by atoms with Crippen LogP contribution in [0, 0.1) is 27.3 Å². The third kappa shape index (κ3) is 3.35. The van der Waals surface area contributed by atoms with Crippen LogP contribution in [0.4, 0.5) is 15.8 Å². The molecule has 0 fully saturated rings. The zero-order chi connectivity index (χ0) is 15.4. The van der Waals surface area contributed by atoms with Gasteiger partial charge in [-0.3, -0.25) is 10.1 Å². The first-order valence-corrected chi connectivity index (χ1v) is 6.67. The molecule has 0 saturated heterocycles. The highest BCUT2D eigenvalue weighted by Crippen LogP contribution is 2.29. The summed E-state index contributed by atoms with van der Waals surface area (Å²) in [5, 5.41) is 22.8. The number of hydrogen-bond acceptors (Lipinski definition) is 4. The van der Waals surface area contributed by atoms with Crippen LogP contribution in [0.3, 0.4) is 0 Å². The van der Waals surface area contributed by atoms with E-state index in [0.717, 1.165) is 6.07 Å². The minimum absolute atomic E-state index is 0.0334. The number of nitro groups is 1. The van der Waals surface area contributed by atoms with E-state index in [4.69, 9.17) is 5.26 Å². The molecule has 5 nitrogen and oxygen atoms in total. The number of hydrogen-bond donors (Lipinski definition) is 1. The number of halogens is 2. The number of nitro benzene ring substituents is 1. The van der Waals surface area contributed by atoms with E-state index in [1.807, 2.05) is 6.07 Å². The average Bonchev–Trinajstić information content (AvgIpc) is 2.46. The largest absolute Gasteiger partial charge is 0.380 e. The van der Waals surface area contributed by atoms with E-state index in [1.54, 1.807) is 12.1 Å². The Kier molecular flexibility index (Phi) is 4.50. The van der Waals surface area contributed by atoms with Crippen molar-refractivity contribution in [1.82, 2.24) is 0 Å². The van der Waals surface area contributed by atoms with Crippen molar-refractivity contribution in [3.05, 3.63) is 67.9 Å². The summed E-state index contributed by atoms with van der Waals surface area (Å²) in [7, 11) is 0. The lowest BCUT2D eigenvalue weighted by molar-refractivity contribution is -0.385. The molecule has 0 heterocycles. The van der Waals surface area contributed by atoms with Gasteiger partial charge >= 0.3 is 0 Å². The van der Waals surface area contributed by atoms with E-state index in [0.29, 0.717) is 15.7 Å². The SMILES string of the molecule is N#Cc1cc(F)ccc1NCc1cccc([N+](=O)[O-])c1Br. The van der Waals surface area contributed by atoms with E-state index >= 15 is 0 Å². The van der Waals surface area contributed by atoms with Gasteiger partial charge in [0, 0.05) is 12.6 Å². The van der Waals surface area contributed by atoms with Crippen molar-refractivity contribution in [3.8, 4) is 6.07 Å². The van der Waals surface area contributed by atoms with Gasteiger partial charge in [-0.2, -0.15) is 5.26 Å². The van der Waals surface area contributed by atoms with E-state index < -0.39 is 10.7 Å². The third-order valence-corrected chi connectivity index (χ3v) is 3.74. The fraction of sp³-hybridized carbons (Fsp3) is 0.0714. The van der Waals surface area contributed by atoms with Crippen LogP contribution in [0.2, 0.25) is 0 Å². The Morgan fingerprint density at radius 1 is 1.38 bits per heavy atom. The van der Waals surface area contributed by atoms with Crippen LogP contribution in [0.15, 0.2) is 40.9 Å². The van der Waals surface area contributed by atoms with Gasteiger partial charge in [-0.25, -0.2) is 4.39 Å². The zero-order valence-corrected chi connectivity index (χ0v) is 12.2. The molecule has 0 aliphatic heterocycles. The molecule has 0 aliphatic rings. The van der Waals surface area contributed by atoms with E-state index in [9.17, 15) is 14.5 Å². The molecule has 21 heavy (non-hydrogen) atoms. The lowest BCUT2D eigenvalue weighted by Crippen LogP contribution is -2.03. The lowest BCUT2D eigenvalue weighted by Gasteiger charge is -2.10. The van der Waals surface area contributed by atoms with Crippen LogP contribution >= 0.6 is 15.9 Å². The molecule has 1 N–H and O–H groups in total. The smallest absolute Gasteiger partial charge is 0.283 e. The number of benzene rings is 2. The first kappa shape index (κ1) is 14.9. The molecule has 0 radical (unpaired) electrons. The average molecular weight is 350 g/mol. The standard InChI is InChI=1S/C14H9BrFN3O2/c15-14-9(2-1-3-13(14)19(20)21)8-18-12-5-4-11(16)6-10(12)7-17/h1-6,18H,8H2. The van der Waals surface area contributed by atoms with Gasteiger partial charge in [-0.15, -0.1) is 0 Å². The maximum atomic E-state index is 13.0. The van der Waals surface area contributed by atoms with Gasteiger partial charge < -0.3 is 5.32 Å². The molecule has 7 heteroatoms. The van der Waals surface area contributed by atoms with Crippen molar-refractivity contribution in [2.75, 3.05) is 5.32 Å². The molecule has 0 saturated carbocycles. The maximum absolute atomic E-state index is 13.0. The molecule has 2 aromatic rings. The Hall–Kier alpha value is -2.46. The summed E-state index contributed by atoms with van der Waals surface area (Å²) in [6, 6.07) is 10.4. The summed E-state index contributed by atoms with van der Waals surface area (Å²) in [5.74, 6) is -0.492. The molecule has 2 rings (SSSR count). The van der Waals surface area contributed by atoms with Crippen LogP contribution in [0.25, 0.3) is 0 Å². The van der Waals surface area contributed by atoms with E-state index in [2.05, 4.69) is 21.2 Å². The second-order valence-corrected chi connectivity index (χ2v) is 4.96. The molecule has 2 aromatic carbocycles. The molecule has 106 valence electrons. The molecule has 0 aliphatic carbocycles. The molecular weight excluding hydrogens is 341 g/mol. The highest BCUT2D eigenvalue weighted by molar-refractivity contribution is 9.10. The quantitative estimate of drug-likeness (QED) is 0.668. The topological polar surface area (TPSA) is 79.0 Å². The summed E-state index contributed by atoms with van der Waals surface area (Å²) in [4.78, 5) is 10.4. The number of anilines is 1. The molecule has 0 atom stereocenters. The Bertz CT molecular complexity index is 743. The minimum Gasteiger partial charge on any atom is -0.380 e. The second-order valence-electron chi connectivity index (χ2n) is 4.16. The van der Waals surface area contributed by atoms with Gasteiger partial charge in [0.05, 0.1) is 16.2 Å². The molecule has 0 amide bonds. The van der Waals surface area contributed by atoms with E-state index in [1.165, 1.54) is 18.2 Å². The molecule has 0 unspecified atom stereocenters. The Morgan fingerprint density at radius 2 is 2.14 bits per heavy atom. The van der Waals surface area contributed by atoms with Crippen LogP contribution < -0.4 is 5.32 Å². The lowest BCUT2D eigenvalue weighted by atomic mass is 10.1. The van der Waals surface area contributed by atoms with Crippen LogP contribution in [0.5, 0.6) is 0 Å². The van der Waals surface area contributed by atoms with E-state index in [-0.39, 0.29) is 17.8 Å². The monoisotopic (exact) mass is 349 g/mol. The Balaban J connectivity index is 2.23. The zero-order valence-electron chi connectivity index (χ0n) is 10.6. The van der Waals surface area contributed by atoms with Crippen molar-refractivity contribution < 1.29 is 9.31 Å². The number of nitrogens with zero attached hydrogens (tertiary/aromatic N) is 2. The van der Waals surface area contributed by atoms with Crippen molar-refractivity contribution in [1.29, 1.82) is 5.26 Å². The first-order valence-electron chi connectivity index (χ1n) is 5.88. The molecule has 0 spiro atoms. The summed E-state index contributed by atoms with van der Waals surface area (Å²) >= 11 is 3.20. The predicted octanol–water partition coefficient (Wildman–Crippen LogP) is 3.98. The fourth-order valence-corrected chi connectivity index (χ4v) is 2.35. The van der Waals surface area contributed by atoms with Gasteiger partial charge in [-0.05, 0) is 39.7 Å². The highest BCUT2D eigenvalue weighted by atomic mass is 79.9. The fourth-order valence-electron chi connectivity index (χ4n) is 1.80. The Labute approximate surface area is 128 Å².